The maximum atomic E-state index is 2.36. The Hall–Kier alpha value is -5.98. The molecule has 0 aliphatic rings. The van der Waals surface area contributed by atoms with E-state index in [4.69, 9.17) is 0 Å². The number of hydrogen-bond donors (Lipinski definition) is 0. The van der Waals surface area contributed by atoms with Crippen LogP contribution in [-0.2, 0) is 0 Å². The summed E-state index contributed by atoms with van der Waals surface area (Å²) in [5.41, 5.74) is 10.0. The van der Waals surface area contributed by atoms with Crippen molar-refractivity contribution in [2.75, 3.05) is 0 Å². The Morgan fingerprint density at radius 2 is 0.630 bits per heavy atom. The highest BCUT2D eigenvalue weighted by Gasteiger charge is 2.18. The molecular formula is C46H30. The van der Waals surface area contributed by atoms with Gasteiger partial charge in [-0.2, -0.15) is 0 Å². The zero-order valence-corrected chi connectivity index (χ0v) is 25.3. The van der Waals surface area contributed by atoms with E-state index in [-0.39, 0.29) is 0 Å². The Morgan fingerprint density at radius 3 is 1.24 bits per heavy atom. The molecule has 0 N–H and O–H groups in total. The second kappa shape index (κ2) is 10.9. The molecule has 0 aliphatic carbocycles. The molecule has 0 nitrogen and oxygen atoms in total. The molecule has 0 bridgehead atoms. The van der Waals surface area contributed by atoms with Crippen LogP contribution in [0.4, 0.5) is 0 Å². The van der Waals surface area contributed by atoms with E-state index in [9.17, 15) is 0 Å². The van der Waals surface area contributed by atoms with E-state index in [2.05, 4.69) is 182 Å². The monoisotopic (exact) mass is 582 g/mol. The van der Waals surface area contributed by atoms with Crippen molar-refractivity contribution >= 4 is 43.1 Å². The highest BCUT2D eigenvalue weighted by Crippen LogP contribution is 2.45. The maximum Gasteiger partial charge on any atom is -0.00201 e. The normalized spacial score (nSPS) is 11.5. The lowest BCUT2D eigenvalue weighted by Crippen LogP contribution is -1.92. The van der Waals surface area contributed by atoms with Crippen molar-refractivity contribution < 1.29 is 0 Å². The molecule has 0 atom stereocenters. The van der Waals surface area contributed by atoms with Gasteiger partial charge in [0, 0.05) is 0 Å². The molecule has 9 aromatic rings. The van der Waals surface area contributed by atoms with Crippen LogP contribution in [0, 0.1) is 0 Å². The third-order valence-corrected chi connectivity index (χ3v) is 9.46. The van der Waals surface area contributed by atoms with E-state index < -0.39 is 0 Å². The van der Waals surface area contributed by atoms with Crippen molar-refractivity contribution in [3.05, 3.63) is 182 Å². The molecule has 0 heteroatoms. The van der Waals surface area contributed by atoms with Crippen LogP contribution in [0.5, 0.6) is 0 Å². The average molecular weight is 583 g/mol. The van der Waals surface area contributed by atoms with Crippen LogP contribution in [0.15, 0.2) is 182 Å². The van der Waals surface area contributed by atoms with Crippen molar-refractivity contribution in [3.8, 4) is 44.5 Å². The second-order valence-corrected chi connectivity index (χ2v) is 12.1. The molecule has 0 saturated carbocycles. The van der Waals surface area contributed by atoms with Gasteiger partial charge in [0.05, 0.1) is 0 Å². The van der Waals surface area contributed by atoms with Crippen molar-refractivity contribution in [1.29, 1.82) is 0 Å². The highest BCUT2D eigenvalue weighted by atomic mass is 14.2. The van der Waals surface area contributed by atoms with Crippen LogP contribution < -0.4 is 0 Å². The van der Waals surface area contributed by atoms with E-state index in [1.807, 2.05) is 0 Å². The fraction of sp³-hybridized carbons (Fsp3) is 0. The number of fused-ring (bicyclic) bond motifs is 4. The molecule has 0 amide bonds. The predicted molar refractivity (Wildman–Crippen MR) is 198 cm³/mol. The smallest absolute Gasteiger partial charge is 0.00201 e. The lowest BCUT2D eigenvalue weighted by Gasteiger charge is -2.19. The molecule has 0 aliphatic heterocycles. The van der Waals surface area contributed by atoms with Gasteiger partial charge in [-0.05, 0) is 93.7 Å². The van der Waals surface area contributed by atoms with Crippen molar-refractivity contribution in [2.45, 2.75) is 0 Å². The highest BCUT2D eigenvalue weighted by molar-refractivity contribution is 6.23. The van der Waals surface area contributed by atoms with Crippen LogP contribution in [0.2, 0.25) is 0 Å². The molecule has 0 spiro atoms. The molecule has 46 heavy (non-hydrogen) atoms. The third-order valence-electron chi connectivity index (χ3n) is 9.46. The van der Waals surface area contributed by atoms with Crippen LogP contribution in [0.3, 0.4) is 0 Å². The van der Waals surface area contributed by atoms with E-state index in [1.165, 1.54) is 87.6 Å². The van der Waals surface area contributed by atoms with Gasteiger partial charge in [0.2, 0.25) is 0 Å². The molecule has 9 rings (SSSR count). The first-order valence-electron chi connectivity index (χ1n) is 15.9. The van der Waals surface area contributed by atoms with Crippen LogP contribution in [0.25, 0.3) is 87.6 Å². The summed E-state index contributed by atoms with van der Waals surface area (Å²) < 4.78 is 0. The van der Waals surface area contributed by atoms with Crippen LogP contribution in [0.1, 0.15) is 0 Å². The predicted octanol–water partition coefficient (Wildman–Crippen LogP) is 13.0. The molecule has 0 aromatic heterocycles. The Balaban J connectivity index is 1.21. The van der Waals surface area contributed by atoms with Gasteiger partial charge in [-0.1, -0.05) is 176 Å². The van der Waals surface area contributed by atoms with E-state index in [0.717, 1.165) is 0 Å². The fourth-order valence-electron chi connectivity index (χ4n) is 7.35. The molecule has 214 valence electrons. The Kier molecular flexibility index (Phi) is 6.25. The van der Waals surface area contributed by atoms with Gasteiger partial charge in [-0.25, -0.2) is 0 Å². The summed E-state index contributed by atoms with van der Waals surface area (Å²) in [6.45, 7) is 0. The minimum atomic E-state index is 1.21. The van der Waals surface area contributed by atoms with Gasteiger partial charge in [0.1, 0.15) is 0 Å². The number of rotatable bonds is 4. The zero-order valence-electron chi connectivity index (χ0n) is 25.3. The van der Waals surface area contributed by atoms with Gasteiger partial charge in [0.25, 0.3) is 0 Å². The van der Waals surface area contributed by atoms with Gasteiger partial charge in [0.15, 0.2) is 0 Å². The Labute approximate surface area is 268 Å². The lowest BCUT2D eigenvalue weighted by molar-refractivity contribution is 1.60. The summed E-state index contributed by atoms with van der Waals surface area (Å²) >= 11 is 0. The lowest BCUT2D eigenvalue weighted by atomic mass is 9.84. The quantitative estimate of drug-likeness (QED) is 0.181. The molecule has 9 aromatic carbocycles. The second-order valence-electron chi connectivity index (χ2n) is 12.1. The van der Waals surface area contributed by atoms with E-state index >= 15 is 0 Å². The molecule has 0 saturated heterocycles. The standard InChI is InChI=1S/C46H30/c1-3-18-37-32(12-1)14-10-24-38(37)34-28-26-31(27-29-34)35-16-9-17-36(30-35)45-41-20-5-7-22-43(41)46(44-23-8-6-21-42(44)45)40-25-11-15-33-13-2-4-19-39(33)40/h1-30H. The SMILES string of the molecule is c1cc(-c2ccc(-c3cccc4ccccc34)cc2)cc(-c2c3ccccc3c(-c3cccc4ccccc34)c3ccccc23)c1. The maximum absolute atomic E-state index is 2.36. The zero-order chi connectivity index (χ0) is 30.5. The summed E-state index contributed by atoms with van der Waals surface area (Å²) in [5.74, 6) is 0. The largest absolute Gasteiger partial charge is 0.0616 e. The van der Waals surface area contributed by atoms with E-state index in [1.54, 1.807) is 0 Å². The topological polar surface area (TPSA) is 0 Å². The average Bonchev–Trinajstić information content (AvgIpc) is 3.13. The van der Waals surface area contributed by atoms with Crippen molar-refractivity contribution in [2.24, 2.45) is 0 Å². The van der Waals surface area contributed by atoms with Crippen molar-refractivity contribution in [1.82, 2.24) is 0 Å². The minimum absolute atomic E-state index is 1.21. The summed E-state index contributed by atoms with van der Waals surface area (Å²) in [6.07, 6.45) is 0. The molecular weight excluding hydrogens is 553 g/mol. The van der Waals surface area contributed by atoms with E-state index in [0.29, 0.717) is 0 Å². The molecule has 0 fully saturated rings. The van der Waals surface area contributed by atoms with Gasteiger partial charge < -0.3 is 0 Å². The summed E-state index contributed by atoms with van der Waals surface area (Å²) in [4.78, 5) is 0. The first-order valence-corrected chi connectivity index (χ1v) is 15.9. The number of benzene rings is 9. The molecule has 0 heterocycles. The summed E-state index contributed by atoms with van der Waals surface area (Å²) in [6, 6.07) is 66.5. The van der Waals surface area contributed by atoms with Gasteiger partial charge in [-0.3, -0.25) is 0 Å². The Morgan fingerprint density at radius 1 is 0.217 bits per heavy atom. The fourth-order valence-corrected chi connectivity index (χ4v) is 7.35. The summed E-state index contributed by atoms with van der Waals surface area (Å²) in [7, 11) is 0. The van der Waals surface area contributed by atoms with Crippen LogP contribution in [-0.4, -0.2) is 0 Å². The minimum Gasteiger partial charge on any atom is -0.0616 e. The van der Waals surface area contributed by atoms with Crippen LogP contribution >= 0.6 is 0 Å². The molecule has 0 radical (unpaired) electrons. The molecule has 0 unspecified atom stereocenters. The van der Waals surface area contributed by atoms with Gasteiger partial charge >= 0.3 is 0 Å². The summed E-state index contributed by atoms with van der Waals surface area (Å²) in [5, 5.41) is 10.2. The third kappa shape index (κ3) is 4.30. The first-order chi connectivity index (χ1) is 22.8. The Bertz CT molecular complexity index is 2500. The number of hydrogen-bond acceptors (Lipinski definition) is 0. The van der Waals surface area contributed by atoms with Crippen molar-refractivity contribution in [3.63, 3.8) is 0 Å². The van der Waals surface area contributed by atoms with Gasteiger partial charge in [-0.15, -0.1) is 0 Å². The first kappa shape index (κ1) is 26.4.